The number of nitrogens with zero attached hydrogens (tertiary/aromatic N) is 2. The zero-order chi connectivity index (χ0) is 21.0. The summed E-state index contributed by atoms with van der Waals surface area (Å²) in [6.07, 6.45) is 2.76. The maximum Gasteiger partial charge on any atom is 0.220 e. The normalized spacial score (nSPS) is 12.0. The molecule has 0 fully saturated rings. The minimum Gasteiger partial charge on any atom is -0.505 e. The van der Waals surface area contributed by atoms with E-state index >= 15 is 0 Å². The second-order valence-electron chi connectivity index (χ2n) is 7.05. The van der Waals surface area contributed by atoms with E-state index in [1.165, 1.54) is 0 Å². The fraction of sp³-hybridized carbons (Fsp3) is 0.304. The molecule has 29 heavy (non-hydrogen) atoms. The predicted molar refractivity (Wildman–Crippen MR) is 119 cm³/mol. The highest BCUT2D eigenvalue weighted by Crippen LogP contribution is 2.38. The third kappa shape index (κ3) is 4.46. The third-order valence-corrected chi connectivity index (χ3v) is 5.39. The number of phenols is 1. The van der Waals surface area contributed by atoms with Crippen molar-refractivity contribution in [1.29, 1.82) is 0 Å². The molecule has 1 unspecified atom stereocenters. The van der Waals surface area contributed by atoms with Crippen LogP contribution in [-0.4, -0.2) is 29.6 Å². The number of phenolic OH excluding ortho intramolecular Hbond substituents is 1. The van der Waals surface area contributed by atoms with E-state index in [1.807, 2.05) is 44.3 Å². The van der Waals surface area contributed by atoms with Crippen molar-refractivity contribution in [1.82, 2.24) is 10.3 Å². The van der Waals surface area contributed by atoms with Gasteiger partial charge in [0.2, 0.25) is 5.91 Å². The molecule has 5 nitrogen and oxygen atoms in total. The lowest BCUT2D eigenvalue weighted by atomic mass is 9.95. The second kappa shape index (κ2) is 9.14. The molecule has 6 heteroatoms. The van der Waals surface area contributed by atoms with E-state index in [-0.39, 0.29) is 11.7 Å². The molecule has 0 saturated heterocycles. The molecule has 0 saturated carbocycles. The van der Waals surface area contributed by atoms with Crippen LogP contribution >= 0.6 is 11.6 Å². The molecule has 0 aliphatic rings. The molecule has 0 radical (unpaired) electrons. The van der Waals surface area contributed by atoms with Gasteiger partial charge in [-0.3, -0.25) is 9.78 Å². The van der Waals surface area contributed by atoms with Crippen LogP contribution in [0.4, 0.5) is 5.69 Å². The van der Waals surface area contributed by atoms with Gasteiger partial charge in [-0.05, 0) is 49.2 Å². The monoisotopic (exact) mass is 411 g/mol. The summed E-state index contributed by atoms with van der Waals surface area (Å²) < 4.78 is 0. The summed E-state index contributed by atoms with van der Waals surface area (Å²) in [6, 6.07) is 12.7. The average molecular weight is 412 g/mol. The Morgan fingerprint density at radius 2 is 1.97 bits per heavy atom. The van der Waals surface area contributed by atoms with Crippen LogP contribution in [0.5, 0.6) is 5.75 Å². The summed E-state index contributed by atoms with van der Waals surface area (Å²) in [5.41, 5.74) is 2.90. The Hall–Kier alpha value is -2.79. The highest BCUT2D eigenvalue weighted by molar-refractivity contribution is 6.35. The third-order valence-electron chi connectivity index (χ3n) is 5.08. The Morgan fingerprint density at radius 1 is 1.24 bits per heavy atom. The first-order valence-electron chi connectivity index (χ1n) is 9.82. The lowest BCUT2D eigenvalue weighted by Crippen LogP contribution is -2.29. The second-order valence-corrected chi connectivity index (χ2v) is 7.46. The fourth-order valence-electron chi connectivity index (χ4n) is 3.33. The molecule has 3 aromatic rings. The zero-order valence-corrected chi connectivity index (χ0v) is 17.7. The van der Waals surface area contributed by atoms with E-state index < -0.39 is 6.04 Å². The molecule has 1 aromatic heterocycles. The van der Waals surface area contributed by atoms with Crippen LogP contribution in [0.25, 0.3) is 10.9 Å². The summed E-state index contributed by atoms with van der Waals surface area (Å²) in [5.74, 6) is -0.0505. The number of benzene rings is 2. The maximum absolute atomic E-state index is 12.4. The van der Waals surface area contributed by atoms with E-state index in [0.29, 0.717) is 27.9 Å². The number of carbonyl (C=O) groups is 1. The van der Waals surface area contributed by atoms with E-state index in [2.05, 4.69) is 22.1 Å². The van der Waals surface area contributed by atoms with Crippen molar-refractivity contribution in [2.24, 2.45) is 0 Å². The standard InChI is InChI=1S/C23H26ClN3O2/c1-4-7-20(28)26-21(15-9-11-16(12-10-15)27(3)5-2)18-14-19(24)17-8-6-13-25-22(17)23(18)29/h6,8-14,21,29H,4-5,7H2,1-3H3,(H,26,28). The van der Waals surface area contributed by atoms with Crippen LogP contribution < -0.4 is 10.2 Å². The van der Waals surface area contributed by atoms with Crippen molar-refractivity contribution in [3.63, 3.8) is 0 Å². The van der Waals surface area contributed by atoms with Crippen molar-refractivity contribution in [2.75, 3.05) is 18.5 Å². The van der Waals surface area contributed by atoms with Crippen molar-refractivity contribution >= 4 is 34.1 Å². The molecule has 1 amide bonds. The molecular weight excluding hydrogens is 386 g/mol. The number of nitrogens with one attached hydrogen (secondary N) is 1. The van der Waals surface area contributed by atoms with Crippen LogP contribution in [0.2, 0.25) is 5.02 Å². The summed E-state index contributed by atoms with van der Waals surface area (Å²) in [5, 5.41) is 15.2. The first-order chi connectivity index (χ1) is 14.0. The number of halogens is 1. The van der Waals surface area contributed by atoms with Gasteiger partial charge >= 0.3 is 0 Å². The Labute approximate surface area is 176 Å². The van der Waals surface area contributed by atoms with Crippen LogP contribution in [0.1, 0.15) is 43.9 Å². The number of pyridine rings is 1. The van der Waals surface area contributed by atoms with Crippen LogP contribution in [0.15, 0.2) is 48.7 Å². The van der Waals surface area contributed by atoms with Gasteiger partial charge in [-0.15, -0.1) is 0 Å². The Balaban J connectivity index is 2.10. The lowest BCUT2D eigenvalue weighted by Gasteiger charge is -2.23. The van der Waals surface area contributed by atoms with Crippen LogP contribution in [-0.2, 0) is 4.79 Å². The number of anilines is 1. The maximum atomic E-state index is 12.4. The van der Waals surface area contributed by atoms with Crippen LogP contribution in [0, 0.1) is 0 Å². The van der Waals surface area contributed by atoms with Crippen LogP contribution in [0.3, 0.4) is 0 Å². The van der Waals surface area contributed by atoms with E-state index in [9.17, 15) is 9.90 Å². The summed E-state index contributed by atoms with van der Waals surface area (Å²) in [6.45, 7) is 4.94. The smallest absolute Gasteiger partial charge is 0.220 e. The molecule has 2 N–H and O–H groups in total. The van der Waals surface area contributed by atoms with Gasteiger partial charge in [0.05, 0.1) is 11.1 Å². The van der Waals surface area contributed by atoms with Gasteiger partial charge in [-0.25, -0.2) is 0 Å². The molecule has 152 valence electrons. The van der Waals surface area contributed by atoms with Gasteiger partial charge in [-0.2, -0.15) is 0 Å². The molecule has 3 rings (SSSR count). The first-order valence-corrected chi connectivity index (χ1v) is 10.2. The number of aromatic hydroxyl groups is 1. The number of carbonyl (C=O) groups excluding carboxylic acids is 1. The summed E-state index contributed by atoms with van der Waals surface area (Å²) in [7, 11) is 2.02. The highest BCUT2D eigenvalue weighted by Gasteiger charge is 2.23. The van der Waals surface area contributed by atoms with E-state index in [4.69, 9.17) is 11.6 Å². The van der Waals surface area contributed by atoms with Gasteiger partial charge in [0.25, 0.3) is 0 Å². The Kier molecular flexibility index (Phi) is 6.60. The van der Waals surface area contributed by atoms with E-state index in [0.717, 1.165) is 24.2 Å². The first kappa shape index (κ1) is 20.9. The van der Waals surface area contributed by atoms with Gasteiger partial charge in [0.1, 0.15) is 11.3 Å². The fourth-order valence-corrected chi connectivity index (χ4v) is 3.60. The number of hydrogen-bond acceptors (Lipinski definition) is 4. The number of aromatic nitrogens is 1. The number of fused-ring (bicyclic) bond motifs is 1. The zero-order valence-electron chi connectivity index (χ0n) is 16.9. The predicted octanol–water partition coefficient (Wildman–Crippen LogP) is 5.06. The molecule has 0 aliphatic heterocycles. The lowest BCUT2D eigenvalue weighted by molar-refractivity contribution is -0.121. The van der Waals surface area contributed by atoms with Gasteiger partial charge < -0.3 is 15.3 Å². The van der Waals surface area contributed by atoms with Gasteiger partial charge in [0, 0.05) is 42.8 Å². The average Bonchev–Trinajstić information content (AvgIpc) is 2.74. The minimum atomic E-state index is -0.529. The van der Waals surface area contributed by atoms with Gasteiger partial charge in [-0.1, -0.05) is 30.7 Å². The van der Waals surface area contributed by atoms with Crippen molar-refractivity contribution < 1.29 is 9.90 Å². The number of rotatable bonds is 7. The van der Waals surface area contributed by atoms with Gasteiger partial charge in [0.15, 0.2) is 0 Å². The quantitative estimate of drug-likeness (QED) is 0.570. The largest absolute Gasteiger partial charge is 0.505 e. The molecular formula is C23H26ClN3O2. The molecule has 0 bridgehead atoms. The SMILES string of the molecule is CCCC(=O)NC(c1ccc(N(C)CC)cc1)c1cc(Cl)c2cccnc2c1O. The summed E-state index contributed by atoms with van der Waals surface area (Å²) in [4.78, 5) is 18.8. The minimum absolute atomic E-state index is 0.0292. The molecule has 0 aliphatic carbocycles. The number of amides is 1. The van der Waals surface area contributed by atoms with Crippen molar-refractivity contribution in [3.8, 4) is 5.75 Å². The Bertz CT molecular complexity index is 1000. The van der Waals surface area contributed by atoms with Crippen molar-refractivity contribution in [3.05, 3.63) is 64.8 Å². The van der Waals surface area contributed by atoms with E-state index in [1.54, 1.807) is 18.3 Å². The molecule has 1 atom stereocenters. The number of hydrogen-bond donors (Lipinski definition) is 2. The topological polar surface area (TPSA) is 65.5 Å². The molecule has 2 aromatic carbocycles. The molecule has 0 spiro atoms. The molecule has 1 heterocycles. The summed E-state index contributed by atoms with van der Waals surface area (Å²) >= 11 is 6.48. The Morgan fingerprint density at radius 3 is 2.62 bits per heavy atom. The van der Waals surface area contributed by atoms with Crippen molar-refractivity contribution in [2.45, 2.75) is 32.7 Å². The highest BCUT2D eigenvalue weighted by atomic mass is 35.5.